The van der Waals surface area contributed by atoms with Crippen molar-refractivity contribution >= 4 is 46.7 Å². The Morgan fingerprint density at radius 2 is 1.91 bits per heavy atom. The Bertz CT molecular complexity index is 577. The van der Waals surface area contributed by atoms with E-state index in [9.17, 15) is 9.59 Å². The second-order valence-corrected chi connectivity index (χ2v) is 5.37. The molecule has 1 unspecified atom stereocenters. The van der Waals surface area contributed by atoms with Gasteiger partial charge >= 0.3 is 5.97 Å². The first kappa shape index (κ1) is 18.6. The van der Waals surface area contributed by atoms with Crippen molar-refractivity contribution < 1.29 is 19.1 Å². The monoisotopic (exact) mass is 365 g/mol. The average Bonchev–Trinajstić information content (AvgIpc) is 2.46. The standard InChI is InChI=1S/C14H14Cl3NO4/c1-3-4-18-14(20)8(2)22-13(19)7-21-12-6-10(16)9(15)5-11(12)17/h3,5-6,8H,1,4,7H2,2H3,(H,18,20). The minimum Gasteiger partial charge on any atom is -0.480 e. The van der Waals surface area contributed by atoms with Crippen molar-refractivity contribution in [3.05, 3.63) is 39.9 Å². The maximum absolute atomic E-state index is 11.6. The van der Waals surface area contributed by atoms with Crippen molar-refractivity contribution in [3.63, 3.8) is 0 Å². The molecule has 5 nitrogen and oxygen atoms in total. The third-order valence-corrected chi connectivity index (χ3v) is 3.44. The lowest BCUT2D eigenvalue weighted by molar-refractivity contribution is -0.156. The van der Waals surface area contributed by atoms with Crippen molar-refractivity contribution in [3.8, 4) is 5.75 Å². The third-order valence-electron chi connectivity index (χ3n) is 2.42. The van der Waals surface area contributed by atoms with Crippen LogP contribution < -0.4 is 10.1 Å². The Morgan fingerprint density at radius 1 is 1.27 bits per heavy atom. The number of rotatable bonds is 7. The Hall–Kier alpha value is -1.43. The van der Waals surface area contributed by atoms with E-state index in [1.165, 1.54) is 25.1 Å². The van der Waals surface area contributed by atoms with Gasteiger partial charge in [-0.2, -0.15) is 0 Å². The van der Waals surface area contributed by atoms with Crippen LogP contribution in [0.5, 0.6) is 5.75 Å². The maximum atomic E-state index is 11.6. The number of carbonyl (C=O) groups is 2. The van der Waals surface area contributed by atoms with Crippen LogP contribution in [-0.2, 0) is 14.3 Å². The van der Waals surface area contributed by atoms with Crippen LogP contribution in [0, 0.1) is 0 Å². The summed E-state index contributed by atoms with van der Waals surface area (Å²) in [7, 11) is 0. The molecule has 1 rings (SSSR count). The fourth-order valence-electron chi connectivity index (χ4n) is 1.35. The minimum atomic E-state index is -0.944. The zero-order valence-corrected chi connectivity index (χ0v) is 14.0. The molecule has 22 heavy (non-hydrogen) atoms. The highest BCUT2D eigenvalue weighted by Gasteiger charge is 2.18. The first-order valence-electron chi connectivity index (χ1n) is 6.20. The molecule has 0 aliphatic rings. The van der Waals surface area contributed by atoms with Crippen LogP contribution in [0.15, 0.2) is 24.8 Å². The molecule has 120 valence electrons. The molecular weight excluding hydrogens is 353 g/mol. The van der Waals surface area contributed by atoms with Gasteiger partial charge < -0.3 is 14.8 Å². The number of halogens is 3. The highest BCUT2D eigenvalue weighted by molar-refractivity contribution is 6.43. The van der Waals surface area contributed by atoms with Gasteiger partial charge in [0.05, 0.1) is 15.1 Å². The Balaban J connectivity index is 2.51. The van der Waals surface area contributed by atoms with E-state index in [0.717, 1.165) is 0 Å². The van der Waals surface area contributed by atoms with E-state index in [2.05, 4.69) is 11.9 Å². The number of benzene rings is 1. The molecule has 1 N–H and O–H groups in total. The normalized spacial score (nSPS) is 11.5. The molecule has 0 fully saturated rings. The fraction of sp³-hybridized carbons (Fsp3) is 0.286. The van der Waals surface area contributed by atoms with E-state index in [4.69, 9.17) is 44.3 Å². The van der Waals surface area contributed by atoms with E-state index in [1.54, 1.807) is 0 Å². The molecule has 0 saturated heterocycles. The van der Waals surface area contributed by atoms with Crippen LogP contribution >= 0.6 is 34.8 Å². The average molecular weight is 367 g/mol. The Morgan fingerprint density at radius 3 is 2.55 bits per heavy atom. The maximum Gasteiger partial charge on any atom is 0.344 e. The van der Waals surface area contributed by atoms with Crippen molar-refractivity contribution in [2.75, 3.05) is 13.2 Å². The van der Waals surface area contributed by atoms with E-state index >= 15 is 0 Å². The molecule has 8 heteroatoms. The quantitative estimate of drug-likeness (QED) is 0.457. The van der Waals surface area contributed by atoms with Crippen molar-refractivity contribution in [1.29, 1.82) is 0 Å². The van der Waals surface area contributed by atoms with Crippen molar-refractivity contribution in [2.45, 2.75) is 13.0 Å². The molecule has 0 bridgehead atoms. The molecule has 0 spiro atoms. The zero-order chi connectivity index (χ0) is 16.7. The van der Waals surface area contributed by atoms with Crippen LogP contribution in [-0.4, -0.2) is 31.1 Å². The van der Waals surface area contributed by atoms with Gasteiger partial charge in [0, 0.05) is 12.6 Å². The lowest BCUT2D eigenvalue weighted by Gasteiger charge is -2.13. The first-order valence-corrected chi connectivity index (χ1v) is 7.34. The number of amides is 1. The van der Waals surface area contributed by atoms with Crippen LogP contribution in [0.2, 0.25) is 15.1 Å². The van der Waals surface area contributed by atoms with Crippen LogP contribution in [0.3, 0.4) is 0 Å². The van der Waals surface area contributed by atoms with Gasteiger partial charge in [0.15, 0.2) is 12.7 Å². The molecule has 0 heterocycles. The summed E-state index contributed by atoms with van der Waals surface area (Å²) in [4.78, 5) is 23.1. The zero-order valence-electron chi connectivity index (χ0n) is 11.7. The SMILES string of the molecule is C=CCNC(=O)C(C)OC(=O)COc1cc(Cl)c(Cl)cc1Cl. The number of hydrogen-bond donors (Lipinski definition) is 1. The molecule has 0 aromatic heterocycles. The van der Waals surface area contributed by atoms with Gasteiger partial charge in [0.1, 0.15) is 5.75 Å². The second-order valence-electron chi connectivity index (χ2n) is 4.15. The highest BCUT2D eigenvalue weighted by atomic mass is 35.5. The molecule has 0 radical (unpaired) electrons. The van der Waals surface area contributed by atoms with Gasteiger partial charge in [-0.25, -0.2) is 4.79 Å². The molecule has 0 saturated carbocycles. The number of nitrogens with one attached hydrogen (secondary N) is 1. The van der Waals surface area contributed by atoms with Gasteiger partial charge in [-0.3, -0.25) is 4.79 Å². The Labute approximate surface area is 143 Å². The molecular formula is C14H14Cl3NO4. The summed E-state index contributed by atoms with van der Waals surface area (Å²) in [5.41, 5.74) is 0. The van der Waals surface area contributed by atoms with Crippen LogP contribution in [0.25, 0.3) is 0 Å². The molecule has 1 aromatic rings. The van der Waals surface area contributed by atoms with Crippen LogP contribution in [0.4, 0.5) is 0 Å². The molecule has 1 atom stereocenters. The van der Waals surface area contributed by atoms with Gasteiger partial charge in [0.2, 0.25) is 0 Å². The first-order chi connectivity index (χ1) is 10.3. The predicted octanol–water partition coefficient (Wildman–Crippen LogP) is 3.26. The number of esters is 1. The second kappa shape index (κ2) is 8.88. The van der Waals surface area contributed by atoms with E-state index in [-0.39, 0.29) is 27.4 Å². The highest BCUT2D eigenvalue weighted by Crippen LogP contribution is 2.33. The summed E-state index contributed by atoms with van der Waals surface area (Å²) in [6.45, 7) is 4.78. The number of ether oxygens (including phenoxy) is 2. The summed E-state index contributed by atoms with van der Waals surface area (Å²) < 4.78 is 10.1. The minimum absolute atomic E-state index is 0.191. The summed E-state index contributed by atoms with van der Waals surface area (Å²) in [6.07, 6.45) is 0.572. The summed E-state index contributed by atoms with van der Waals surface area (Å²) >= 11 is 17.5. The van der Waals surface area contributed by atoms with Crippen molar-refractivity contribution in [1.82, 2.24) is 5.32 Å². The fourth-order valence-corrected chi connectivity index (χ4v) is 1.94. The summed E-state index contributed by atoms with van der Waals surface area (Å²) in [5, 5.41) is 3.23. The topological polar surface area (TPSA) is 64.6 Å². The largest absolute Gasteiger partial charge is 0.480 e. The molecule has 1 aromatic carbocycles. The van der Waals surface area contributed by atoms with Crippen LogP contribution in [0.1, 0.15) is 6.92 Å². The lowest BCUT2D eigenvalue weighted by atomic mass is 10.3. The number of carbonyl (C=O) groups excluding carboxylic acids is 2. The molecule has 0 aliphatic carbocycles. The predicted molar refractivity (Wildman–Crippen MR) is 85.7 cm³/mol. The summed E-state index contributed by atoms with van der Waals surface area (Å²) in [5.74, 6) is -0.957. The Kier molecular flexibility index (Phi) is 7.51. The summed E-state index contributed by atoms with van der Waals surface area (Å²) in [6, 6.07) is 2.79. The van der Waals surface area contributed by atoms with Gasteiger partial charge in [0.25, 0.3) is 5.91 Å². The van der Waals surface area contributed by atoms with E-state index in [0.29, 0.717) is 0 Å². The van der Waals surface area contributed by atoms with Gasteiger partial charge in [-0.15, -0.1) is 6.58 Å². The molecule has 1 amide bonds. The van der Waals surface area contributed by atoms with Gasteiger partial charge in [-0.1, -0.05) is 40.9 Å². The number of hydrogen-bond acceptors (Lipinski definition) is 4. The lowest BCUT2D eigenvalue weighted by Crippen LogP contribution is -2.36. The van der Waals surface area contributed by atoms with Crippen molar-refractivity contribution in [2.24, 2.45) is 0 Å². The van der Waals surface area contributed by atoms with Gasteiger partial charge in [-0.05, 0) is 13.0 Å². The smallest absolute Gasteiger partial charge is 0.344 e. The molecule has 0 aliphatic heterocycles. The van der Waals surface area contributed by atoms with E-state index < -0.39 is 24.6 Å². The van der Waals surface area contributed by atoms with E-state index in [1.807, 2.05) is 0 Å². The third kappa shape index (κ3) is 5.75.